The molecule has 0 radical (unpaired) electrons. The highest BCUT2D eigenvalue weighted by molar-refractivity contribution is 9.10. The summed E-state index contributed by atoms with van der Waals surface area (Å²) in [6, 6.07) is 11.1. The van der Waals surface area contributed by atoms with Gasteiger partial charge in [-0.2, -0.15) is 0 Å². The third-order valence-electron chi connectivity index (χ3n) is 2.44. The van der Waals surface area contributed by atoms with E-state index >= 15 is 0 Å². The largest absolute Gasteiger partial charge is 0.380 e. The Bertz CT molecular complexity index is 572. The van der Waals surface area contributed by atoms with E-state index in [-0.39, 0.29) is 0 Å². The predicted octanol–water partition coefficient (Wildman–Crippen LogP) is 6.02. The molecule has 0 aliphatic rings. The van der Waals surface area contributed by atoms with Gasteiger partial charge in [0.1, 0.15) is 0 Å². The smallest absolute Gasteiger partial charge is 0.0593 e. The molecule has 2 rings (SSSR count). The van der Waals surface area contributed by atoms with Gasteiger partial charge in [0, 0.05) is 16.6 Å². The van der Waals surface area contributed by atoms with E-state index in [9.17, 15) is 0 Å². The lowest BCUT2D eigenvalue weighted by molar-refractivity contribution is 1.15. The van der Waals surface area contributed by atoms with Crippen LogP contribution >= 0.6 is 50.7 Å². The Morgan fingerprint density at radius 3 is 2.50 bits per heavy atom. The molecule has 0 unspecified atom stereocenters. The normalized spacial score (nSPS) is 10.4. The Morgan fingerprint density at radius 2 is 1.78 bits per heavy atom. The molecule has 0 aromatic heterocycles. The first-order valence-electron chi connectivity index (χ1n) is 5.20. The number of anilines is 1. The summed E-state index contributed by atoms with van der Waals surface area (Å²) in [4.78, 5) is 0. The fourth-order valence-corrected chi connectivity index (χ4v) is 2.55. The third kappa shape index (κ3) is 3.33. The molecule has 1 nitrogen and oxygen atoms in total. The molecule has 94 valence electrons. The summed E-state index contributed by atoms with van der Waals surface area (Å²) in [5, 5.41) is 5.22. The maximum absolute atomic E-state index is 6.10. The lowest BCUT2D eigenvalue weighted by Gasteiger charge is -2.10. The quantitative estimate of drug-likeness (QED) is 0.701. The highest BCUT2D eigenvalue weighted by atomic mass is 79.9. The van der Waals surface area contributed by atoms with Crippen LogP contribution in [0.2, 0.25) is 15.1 Å². The zero-order valence-electron chi connectivity index (χ0n) is 9.18. The molecule has 1 N–H and O–H groups in total. The van der Waals surface area contributed by atoms with Crippen LogP contribution in [0.15, 0.2) is 40.9 Å². The van der Waals surface area contributed by atoms with Crippen molar-refractivity contribution in [2.24, 2.45) is 0 Å². The minimum absolute atomic E-state index is 0.606. The maximum atomic E-state index is 6.10. The minimum Gasteiger partial charge on any atom is -0.380 e. The summed E-state index contributed by atoms with van der Waals surface area (Å²) in [7, 11) is 0. The molecular weight excluding hydrogens is 356 g/mol. The third-order valence-corrected chi connectivity index (χ3v) is 4.42. The van der Waals surface area contributed by atoms with Crippen molar-refractivity contribution in [3.8, 4) is 0 Å². The van der Waals surface area contributed by atoms with E-state index in [0.29, 0.717) is 21.6 Å². The molecular formula is C13H9BrCl3N. The van der Waals surface area contributed by atoms with E-state index in [0.717, 1.165) is 15.7 Å². The first-order chi connectivity index (χ1) is 8.58. The summed E-state index contributed by atoms with van der Waals surface area (Å²) in [5.41, 5.74) is 1.90. The molecule has 2 aromatic carbocycles. The number of halogens is 4. The summed E-state index contributed by atoms with van der Waals surface area (Å²) < 4.78 is 0.844. The first-order valence-corrected chi connectivity index (χ1v) is 7.12. The van der Waals surface area contributed by atoms with Crippen LogP contribution in [-0.4, -0.2) is 0 Å². The summed E-state index contributed by atoms with van der Waals surface area (Å²) in [5.74, 6) is 0. The molecule has 0 aliphatic heterocycles. The van der Waals surface area contributed by atoms with Crippen molar-refractivity contribution in [3.63, 3.8) is 0 Å². The number of rotatable bonds is 3. The van der Waals surface area contributed by atoms with Crippen LogP contribution in [0.3, 0.4) is 0 Å². The second-order valence-corrected chi connectivity index (χ2v) is 5.73. The van der Waals surface area contributed by atoms with Crippen LogP contribution in [-0.2, 0) is 6.54 Å². The SMILES string of the molecule is Clc1ccc(CNc2cccc(Cl)c2Br)c(Cl)c1. The average Bonchev–Trinajstić information content (AvgIpc) is 2.33. The fraction of sp³-hybridized carbons (Fsp3) is 0.0769. The molecule has 0 amide bonds. The highest BCUT2D eigenvalue weighted by Gasteiger charge is 2.05. The summed E-state index contributed by atoms with van der Waals surface area (Å²) in [6.45, 7) is 0.606. The van der Waals surface area contributed by atoms with Crippen molar-refractivity contribution in [1.82, 2.24) is 0 Å². The Kier molecular flexibility index (Phi) is 4.79. The van der Waals surface area contributed by atoms with Gasteiger partial charge < -0.3 is 5.32 Å². The molecule has 0 heterocycles. The van der Waals surface area contributed by atoms with Crippen molar-refractivity contribution in [2.45, 2.75) is 6.54 Å². The van der Waals surface area contributed by atoms with Crippen LogP contribution in [0.25, 0.3) is 0 Å². The lowest BCUT2D eigenvalue weighted by Crippen LogP contribution is -2.00. The standard InChI is InChI=1S/C13H9BrCl3N/c14-13-10(16)2-1-3-12(13)18-7-8-4-5-9(15)6-11(8)17/h1-6,18H,7H2. The van der Waals surface area contributed by atoms with Gasteiger partial charge in [-0.1, -0.05) is 46.9 Å². The number of benzene rings is 2. The van der Waals surface area contributed by atoms with E-state index in [2.05, 4.69) is 21.2 Å². The first kappa shape index (κ1) is 14.0. The van der Waals surface area contributed by atoms with Crippen molar-refractivity contribution in [3.05, 3.63) is 61.5 Å². The van der Waals surface area contributed by atoms with Crippen molar-refractivity contribution in [2.75, 3.05) is 5.32 Å². The number of hydrogen-bond donors (Lipinski definition) is 1. The van der Waals surface area contributed by atoms with Gasteiger partial charge in [0.05, 0.1) is 15.2 Å². The Balaban J connectivity index is 2.14. The van der Waals surface area contributed by atoms with Gasteiger partial charge in [0.15, 0.2) is 0 Å². The highest BCUT2D eigenvalue weighted by Crippen LogP contribution is 2.31. The fourth-order valence-electron chi connectivity index (χ4n) is 1.50. The second-order valence-electron chi connectivity index (χ2n) is 3.69. The van der Waals surface area contributed by atoms with E-state index in [4.69, 9.17) is 34.8 Å². The molecule has 0 atom stereocenters. The molecule has 0 saturated heterocycles. The monoisotopic (exact) mass is 363 g/mol. The Morgan fingerprint density at radius 1 is 1.00 bits per heavy atom. The Hall–Kier alpha value is -0.410. The molecule has 0 spiro atoms. The van der Waals surface area contributed by atoms with Gasteiger partial charge in [-0.3, -0.25) is 0 Å². The van der Waals surface area contributed by atoms with Gasteiger partial charge in [-0.25, -0.2) is 0 Å². The van der Waals surface area contributed by atoms with Crippen LogP contribution in [0, 0.1) is 0 Å². The number of nitrogens with one attached hydrogen (secondary N) is 1. The van der Waals surface area contributed by atoms with Crippen LogP contribution < -0.4 is 5.32 Å². The van der Waals surface area contributed by atoms with Crippen molar-refractivity contribution in [1.29, 1.82) is 0 Å². The molecule has 0 bridgehead atoms. The summed E-state index contributed by atoms with van der Waals surface area (Å²) in [6.07, 6.45) is 0. The maximum Gasteiger partial charge on any atom is 0.0593 e. The second kappa shape index (κ2) is 6.16. The van der Waals surface area contributed by atoms with Gasteiger partial charge >= 0.3 is 0 Å². The predicted molar refractivity (Wildman–Crippen MR) is 82.9 cm³/mol. The van der Waals surface area contributed by atoms with E-state index in [1.807, 2.05) is 30.3 Å². The van der Waals surface area contributed by atoms with Crippen LogP contribution in [0.1, 0.15) is 5.56 Å². The number of hydrogen-bond acceptors (Lipinski definition) is 1. The molecule has 2 aromatic rings. The van der Waals surface area contributed by atoms with Crippen molar-refractivity contribution >= 4 is 56.4 Å². The van der Waals surface area contributed by atoms with E-state index in [1.54, 1.807) is 6.07 Å². The van der Waals surface area contributed by atoms with Crippen LogP contribution in [0.5, 0.6) is 0 Å². The zero-order valence-corrected chi connectivity index (χ0v) is 13.0. The lowest BCUT2D eigenvalue weighted by atomic mass is 10.2. The van der Waals surface area contributed by atoms with Gasteiger partial charge in [-0.15, -0.1) is 0 Å². The molecule has 0 aliphatic carbocycles. The van der Waals surface area contributed by atoms with Crippen molar-refractivity contribution < 1.29 is 0 Å². The zero-order chi connectivity index (χ0) is 13.1. The minimum atomic E-state index is 0.606. The topological polar surface area (TPSA) is 12.0 Å². The van der Waals surface area contributed by atoms with E-state index < -0.39 is 0 Å². The van der Waals surface area contributed by atoms with Gasteiger partial charge in [0.25, 0.3) is 0 Å². The molecule has 18 heavy (non-hydrogen) atoms. The molecule has 5 heteroatoms. The summed E-state index contributed by atoms with van der Waals surface area (Å²) >= 11 is 21.4. The molecule has 0 saturated carbocycles. The van der Waals surface area contributed by atoms with Gasteiger partial charge in [0.2, 0.25) is 0 Å². The van der Waals surface area contributed by atoms with Gasteiger partial charge in [-0.05, 0) is 45.8 Å². The van der Waals surface area contributed by atoms with Crippen LogP contribution in [0.4, 0.5) is 5.69 Å². The van der Waals surface area contributed by atoms with E-state index in [1.165, 1.54) is 0 Å². The average molecular weight is 365 g/mol. The Labute approximate surface area is 129 Å². The molecule has 0 fully saturated rings.